The molecule has 2 N–H and O–H groups in total. The number of urea groups is 1. The van der Waals surface area contributed by atoms with Gasteiger partial charge in [-0.2, -0.15) is 13.2 Å². The van der Waals surface area contributed by atoms with E-state index in [-0.39, 0.29) is 24.6 Å². The normalized spacial score (nSPS) is 11.2. The number of hydrogen-bond donors (Lipinski definition) is 2. The van der Waals surface area contributed by atoms with Crippen molar-refractivity contribution < 1.29 is 32.0 Å². The van der Waals surface area contributed by atoms with E-state index in [0.29, 0.717) is 19.6 Å². The average molecular weight is 414 g/mol. The number of hydrogen-bond acceptors (Lipinski definition) is 5. The number of alkyl halides is 3. The van der Waals surface area contributed by atoms with Gasteiger partial charge < -0.3 is 24.8 Å². The Morgan fingerprint density at radius 3 is 2.69 bits per heavy atom. The summed E-state index contributed by atoms with van der Waals surface area (Å²) in [5.41, 5.74) is -0.918. The number of carbonyl (C=O) groups excluding carboxylic acids is 2. The van der Waals surface area contributed by atoms with E-state index in [1.165, 1.54) is 29.4 Å². The van der Waals surface area contributed by atoms with E-state index in [2.05, 4.69) is 20.3 Å². The smallest absolute Gasteiger partial charge is 0.382 e. The van der Waals surface area contributed by atoms with E-state index in [1.54, 1.807) is 0 Å². The monoisotopic (exact) mass is 414 g/mol. The van der Waals surface area contributed by atoms with E-state index in [1.807, 2.05) is 6.92 Å². The van der Waals surface area contributed by atoms with Crippen molar-refractivity contribution in [3.8, 4) is 0 Å². The fourth-order valence-electron chi connectivity index (χ4n) is 2.36. The summed E-state index contributed by atoms with van der Waals surface area (Å²) in [5, 5.41) is 8.39. The fraction of sp³-hybridized carbons (Fsp3) is 0.389. The Morgan fingerprint density at radius 1 is 1.24 bits per heavy atom. The molecule has 2 rings (SSSR count). The highest BCUT2D eigenvalue weighted by Crippen LogP contribution is 2.30. The molecule has 0 bridgehead atoms. The lowest BCUT2D eigenvalue weighted by Crippen LogP contribution is -2.41. The first-order chi connectivity index (χ1) is 13.8. The van der Waals surface area contributed by atoms with Crippen LogP contribution in [0.3, 0.4) is 0 Å². The van der Waals surface area contributed by atoms with Crippen molar-refractivity contribution >= 4 is 23.4 Å². The van der Waals surface area contributed by atoms with Crippen molar-refractivity contribution in [3.05, 3.63) is 42.2 Å². The second-order valence-corrected chi connectivity index (χ2v) is 5.91. The molecule has 0 saturated heterocycles. The minimum absolute atomic E-state index is 0.0310. The van der Waals surface area contributed by atoms with Crippen LogP contribution in [-0.2, 0) is 15.7 Å². The molecule has 0 unspecified atom stereocenters. The number of anilines is 2. The van der Waals surface area contributed by atoms with Crippen molar-refractivity contribution in [1.82, 2.24) is 10.1 Å². The highest BCUT2D eigenvalue weighted by atomic mass is 19.4. The van der Waals surface area contributed by atoms with Gasteiger partial charge in [-0.3, -0.25) is 4.79 Å². The molecule has 2 aromatic rings. The first kappa shape index (κ1) is 22.2. The number of carbonyl (C=O) groups is 2. The van der Waals surface area contributed by atoms with E-state index in [9.17, 15) is 22.8 Å². The molecule has 0 saturated carbocycles. The summed E-state index contributed by atoms with van der Waals surface area (Å²) < 4.78 is 48.4. The number of halogens is 3. The molecule has 8 nitrogen and oxygen atoms in total. The van der Waals surface area contributed by atoms with Crippen molar-refractivity contribution in [2.24, 2.45) is 0 Å². The summed E-state index contributed by atoms with van der Waals surface area (Å²) >= 11 is 0. The zero-order valence-corrected chi connectivity index (χ0v) is 15.7. The van der Waals surface area contributed by atoms with Crippen LogP contribution in [0.15, 0.2) is 41.1 Å². The SMILES string of the molecule is CCOCCCN(CC(=O)Nc1ccon1)C(=O)Nc1cccc(C(F)(F)F)c1. The Bertz CT molecular complexity index is 797. The molecule has 0 aliphatic heterocycles. The van der Waals surface area contributed by atoms with E-state index in [0.717, 1.165) is 12.1 Å². The third-order valence-corrected chi connectivity index (χ3v) is 3.69. The molecular weight excluding hydrogens is 393 g/mol. The maximum atomic E-state index is 12.9. The molecule has 29 heavy (non-hydrogen) atoms. The minimum atomic E-state index is -4.53. The second kappa shape index (κ2) is 10.5. The zero-order chi connectivity index (χ0) is 21.3. The molecule has 1 aromatic heterocycles. The number of aromatic nitrogens is 1. The van der Waals surface area contributed by atoms with Gasteiger partial charge in [0.1, 0.15) is 12.8 Å². The predicted molar refractivity (Wildman–Crippen MR) is 98.3 cm³/mol. The number of amides is 3. The Labute approximate surface area is 165 Å². The summed E-state index contributed by atoms with van der Waals surface area (Å²) in [6.07, 6.45) is -2.81. The molecule has 1 heterocycles. The van der Waals surface area contributed by atoms with Crippen LogP contribution >= 0.6 is 0 Å². The van der Waals surface area contributed by atoms with E-state index in [4.69, 9.17) is 4.74 Å². The Kier molecular flexibility index (Phi) is 8.01. The molecule has 0 atom stereocenters. The van der Waals surface area contributed by atoms with Gasteiger partial charge >= 0.3 is 12.2 Å². The standard InChI is InChI=1S/C18H21F3N4O4/c1-2-28-9-4-8-25(12-16(26)23-15-7-10-29-24-15)17(27)22-14-6-3-5-13(11-14)18(19,20)21/h3,5-7,10-11H,2,4,8-9,12H2,1H3,(H,22,27)(H,23,24,26). The van der Waals surface area contributed by atoms with Crippen molar-refractivity contribution in [1.29, 1.82) is 0 Å². The molecular formula is C18H21F3N4O4. The van der Waals surface area contributed by atoms with Gasteiger partial charge in [0.2, 0.25) is 5.91 Å². The van der Waals surface area contributed by atoms with Crippen molar-refractivity contribution in [2.75, 3.05) is 36.9 Å². The Balaban J connectivity index is 2.03. The van der Waals surface area contributed by atoms with Crippen LogP contribution in [0.5, 0.6) is 0 Å². The van der Waals surface area contributed by atoms with Gasteiger partial charge in [0.15, 0.2) is 5.82 Å². The minimum Gasteiger partial charge on any atom is -0.382 e. The summed E-state index contributed by atoms with van der Waals surface area (Å²) in [6, 6.07) is 4.97. The fourth-order valence-corrected chi connectivity index (χ4v) is 2.36. The quantitative estimate of drug-likeness (QED) is 0.612. The number of rotatable bonds is 9. The van der Waals surface area contributed by atoms with Crippen molar-refractivity contribution in [3.63, 3.8) is 0 Å². The van der Waals surface area contributed by atoms with Gasteiger partial charge in [-0.1, -0.05) is 11.2 Å². The van der Waals surface area contributed by atoms with Crippen LogP contribution in [0.1, 0.15) is 18.9 Å². The highest BCUT2D eigenvalue weighted by Gasteiger charge is 2.30. The molecule has 3 amide bonds. The van der Waals surface area contributed by atoms with Crippen LogP contribution in [0, 0.1) is 0 Å². The lowest BCUT2D eigenvalue weighted by Gasteiger charge is -2.22. The molecule has 1 aromatic carbocycles. The van der Waals surface area contributed by atoms with Crippen LogP contribution < -0.4 is 10.6 Å². The van der Waals surface area contributed by atoms with Gasteiger partial charge in [-0.15, -0.1) is 0 Å². The van der Waals surface area contributed by atoms with Crippen LogP contribution in [-0.4, -0.2) is 48.3 Å². The molecule has 0 aliphatic rings. The first-order valence-electron chi connectivity index (χ1n) is 8.80. The van der Waals surface area contributed by atoms with Gasteiger partial charge in [0, 0.05) is 31.5 Å². The number of nitrogens with zero attached hydrogens (tertiary/aromatic N) is 2. The molecule has 0 radical (unpaired) electrons. The Morgan fingerprint density at radius 2 is 2.03 bits per heavy atom. The van der Waals surface area contributed by atoms with E-state index < -0.39 is 23.7 Å². The molecule has 0 fully saturated rings. The number of ether oxygens (including phenoxy) is 1. The van der Waals surface area contributed by atoms with E-state index >= 15 is 0 Å². The zero-order valence-electron chi connectivity index (χ0n) is 15.7. The Hall–Kier alpha value is -3.08. The van der Waals surface area contributed by atoms with Crippen molar-refractivity contribution in [2.45, 2.75) is 19.5 Å². The third kappa shape index (κ3) is 7.45. The maximum Gasteiger partial charge on any atom is 0.416 e. The van der Waals surface area contributed by atoms with Gasteiger partial charge in [-0.05, 0) is 31.5 Å². The second-order valence-electron chi connectivity index (χ2n) is 5.91. The molecule has 158 valence electrons. The number of benzene rings is 1. The lowest BCUT2D eigenvalue weighted by molar-refractivity contribution is -0.137. The molecule has 0 aliphatic carbocycles. The van der Waals surface area contributed by atoms with Crippen LogP contribution in [0.2, 0.25) is 0 Å². The summed E-state index contributed by atoms with van der Waals surface area (Å²) in [7, 11) is 0. The van der Waals surface area contributed by atoms with Gasteiger partial charge in [0.05, 0.1) is 5.56 Å². The van der Waals surface area contributed by atoms with Crippen LogP contribution in [0.25, 0.3) is 0 Å². The number of nitrogens with one attached hydrogen (secondary N) is 2. The third-order valence-electron chi connectivity index (χ3n) is 3.69. The average Bonchev–Trinajstić information content (AvgIpc) is 3.16. The summed E-state index contributed by atoms with van der Waals surface area (Å²) in [4.78, 5) is 25.9. The first-order valence-corrected chi connectivity index (χ1v) is 8.80. The largest absolute Gasteiger partial charge is 0.416 e. The highest BCUT2D eigenvalue weighted by molar-refractivity contribution is 5.96. The molecule has 0 spiro atoms. The summed E-state index contributed by atoms with van der Waals surface area (Å²) in [6.45, 7) is 2.53. The van der Waals surface area contributed by atoms with Gasteiger partial charge in [-0.25, -0.2) is 4.79 Å². The lowest BCUT2D eigenvalue weighted by atomic mass is 10.2. The van der Waals surface area contributed by atoms with Crippen LogP contribution in [0.4, 0.5) is 29.5 Å². The summed E-state index contributed by atoms with van der Waals surface area (Å²) in [5.74, 6) is -0.350. The molecule has 11 heteroatoms. The van der Waals surface area contributed by atoms with Gasteiger partial charge in [0.25, 0.3) is 0 Å². The maximum absolute atomic E-state index is 12.9. The topological polar surface area (TPSA) is 96.7 Å². The predicted octanol–water partition coefficient (Wildman–Crippen LogP) is 3.59.